The van der Waals surface area contributed by atoms with Gasteiger partial charge in [-0.2, -0.15) is 0 Å². The van der Waals surface area contributed by atoms with E-state index in [-0.39, 0.29) is 11.5 Å². The van der Waals surface area contributed by atoms with Gasteiger partial charge in [-0.25, -0.2) is 4.98 Å². The second-order valence-electron chi connectivity index (χ2n) is 5.23. The van der Waals surface area contributed by atoms with Gasteiger partial charge >= 0.3 is 0 Å². The van der Waals surface area contributed by atoms with Crippen molar-refractivity contribution in [1.82, 2.24) is 9.97 Å². The molecule has 1 fully saturated rings. The number of aromatic nitrogens is 2. The molecule has 1 saturated heterocycles. The van der Waals surface area contributed by atoms with E-state index in [1.807, 2.05) is 29.2 Å². The number of rotatable bonds is 3. The maximum absolute atomic E-state index is 11.9. The molecular formula is C16H17N3O2. The van der Waals surface area contributed by atoms with Crippen molar-refractivity contribution in [3.63, 3.8) is 0 Å². The van der Waals surface area contributed by atoms with Crippen molar-refractivity contribution in [2.24, 2.45) is 0 Å². The number of carbonyl (C=O) groups is 1. The number of carbonyl (C=O) groups excluding carboxylic acids is 1. The molecule has 0 saturated carbocycles. The molecule has 1 aliphatic heterocycles. The first-order valence-corrected chi connectivity index (χ1v) is 7.16. The van der Waals surface area contributed by atoms with Crippen LogP contribution in [0.1, 0.15) is 30.7 Å². The van der Waals surface area contributed by atoms with Gasteiger partial charge in [-0.3, -0.25) is 9.59 Å². The summed E-state index contributed by atoms with van der Waals surface area (Å²) in [5.41, 5.74) is 1.85. The molecule has 0 spiro atoms. The maximum atomic E-state index is 11.9. The minimum Gasteiger partial charge on any atom is -0.312 e. The van der Waals surface area contributed by atoms with Crippen molar-refractivity contribution < 1.29 is 4.79 Å². The van der Waals surface area contributed by atoms with Gasteiger partial charge in [-0.1, -0.05) is 12.1 Å². The third-order valence-corrected chi connectivity index (χ3v) is 3.67. The first kappa shape index (κ1) is 13.5. The Balaban J connectivity index is 1.74. The molecule has 2 aromatic rings. The highest BCUT2D eigenvalue weighted by Gasteiger charge is 2.19. The van der Waals surface area contributed by atoms with E-state index in [1.165, 1.54) is 12.3 Å². The largest absolute Gasteiger partial charge is 0.312 e. The minimum atomic E-state index is -0.143. The molecule has 1 aromatic carbocycles. The van der Waals surface area contributed by atoms with Gasteiger partial charge in [0.05, 0.1) is 0 Å². The second-order valence-corrected chi connectivity index (χ2v) is 5.23. The van der Waals surface area contributed by atoms with Crippen LogP contribution in [-0.2, 0) is 11.2 Å². The van der Waals surface area contributed by atoms with Crippen LogP contribution in [0.25, 0.3) is 0 Å². The minimum absolute atomic E-state index is 0.143. The average molecular weight is 283 g/mol. The first-order chi connectivity index (χ1) is 10.2. The van der Waals surface area contributed by atoms with E-state index in [2.05, 4.69) is 9.97 Å². The Hall–Kier alpha value is -2.43. The fraction of sp³-hybridized carbons (Fsp3) is 0.312. The van der Waals surface area contributed by atoms with Crippen molar-refractivity contribution in [3.05, 3.63) is 58.3 Å². The number of nitrogens with one attached hydrogen (secondary N) is 1. The predicted molar refractivity (Wildman–Crippen MR) is 80.3 cm³/mol. The van der Waals surface area contributed by atoms with E-state index >= 15 is 0 Å². The van der Waals surface area contributed by atoms with Crippen molar-refractivity contribution in [1.29, 1.82) is 0 Å². The molecule has 21 heavy (non-hydrogen) atoms. The molecule has 2 heterocycles. The van der Waals surface area contributed by atoms with Crippen LogP contribution in [0, 0.1) is 0 Å². The van der Waals surface area contributed by atoms with Crippen LogP contribution in [0.3, 0.4) is 0 Å². The maximum Gasteiger partial charge on any atom is 0.250 e. The zero-order chi connectivity index (χ0) is 14.7. The molecule has 0 atom stereocenters. The smallest absolute Gasteiger partial charge is 0.250 e. The average Bonchev–Trinajstić information content (AvgIpc) is 2.49. The monoisotopic (exact) mass is 283 g/mol. The van der Waals surface area contributed by atoms with Gasteiger partial charge < -0.3 is 9.88 Å². The molecule has 108 valence electrons. The Kier molecular flexibility index (Phi) is 3.81. The van der Waals surface area contributed by atoms with E-state index in [4.69, 9.17) is 0 Å². The van der Waals surface area contributed by atoms with Crippen LogP contribution in [0.5, 0.6) is 0 Å². The number of H-pyrrole nitrogens is 1. The number of hydrogen-bond acceptors (Lipinski definition) is 3. The molecule has 0 radical (unpaired) electrons. The number of hydrogen-bond donors (Lipinski definition) is 1. The lowest BCUT2D eigenvalue weighted by Gasteiger charge is -2.26. The summed E-state index contributed by atoms with van der Waals surface area (Å²) in [7, 11) is 0. The highest BCUT2D eigenvalue weighted by atomic mass is 16.2. The summed E-state index contributed by atoms with van der Waals surface area (Å²) in [5, 5.41) is 0. The molecule has 0 bridgehead atoms. The molecule has 1 N–H and O–H groups in total. The number of anilines is 1. The molecule has 1 aromatic heterocycles. The van der Waals surface area contributed by atoms with Gasteiger partial charge in [0.1, 0.15) is 5.82 Å². The second kappa shape index (κ2) is 5.91. The summed E-state index contributed by atoms with van der Waals surface area (Å²) in [6.45, 7) is 0.797. The summed E-state index contributed by atoms with van der Waals surface area (Å²) in [5.74, 6) is 0.840. The van der Waals surface area contributed by atoms with Gasteiger partial charge in [0, 0.05) is 37.3 Å². The zero-order valence-corrected chi connectivity index (χ0v) is 11.7. The highest BCUT2D eigenvalue weighted by Crippen LogP contribution is 2.21. The third-order valence-electron chi connectivity index (χ3n) is 3.67. The molecule has 0 unspecified atom stereocenters. The van der Waals surface area contributed by atoms with Gasteiger partial charge in [0.25, 0.3) is 5.56 Å². The Labute approximate surface area is 122 Å². The predicted octanol–water partition coefficient (Wildman–Crippen LogP) is 1.88. The summed E-state index contributed by atoms with van der Waals surface area (Å²) in [4.78, 5) is 31.8. The van der Waals surface area contributed by atoms with Crippen molar-refractivity contribution in [2.45, 2.75) is 25.7 Å². The zero-order valence-electron chi connectivity index (χ0n) is 11.7. The van der Waals surface area contributed by atoms with Crippen LogP contribution in [0.4, 0.5) is 5.69 Å². The Morgan fingerprint density at radius 1 is 1.10 bits per heavy atom. The topological polar surface area (TPSA) is 66.1 Å². The van der Waals surface area contributed by atoms with Crippen LogP contribution in [-0.4, -0.2) is 22.4 Å². The Morgan fingerprint density at radius 3 is 2.62 bits per heavy atom. The van der Waals surface area contributed by atoms with E-state index in [0.717, 1.165) is 30.6 Å². The Morgan fingerprint density at radius 2 is 1.90 bits per heavy atom. The molecular weight excluding hydrogens is 266 g/mol. The fourth-order valence-corrected chi connectivity index (χ4v) is 2.57. The van der Waals surface area contributed by atoms with Gasteiger partial charge in [-0.05, 0) is 30.5 Å². The number of aromatic amines is 1. The lowest BCUT2D eigenvalue weighted by atomic mass is 10.1. The number of nitrogens with zero attached hydrogens (tertiary/aromatic N) is 2. The SMILES string of the molecule is O=C1CCCCN1c1ccc(Cc2nccc(=O)[nH]2)cc1. The van der Waals surface area contributed by atoms with Crippen LogP contribution in [0.15, 0.2) is 41.3 Å². The quantitative estimate of drug-likeness (QED) is 0.935. The third kappa shape index (κ3) is 3.18. The van der Waals surface area contributed by atoms with Crippen molar-refractivity contribution in [2.75, 3.05) is 11.4 Å². The van der Waals surface area contributed by atoms with Crippen LogP contribution in [0.2, 0.25) is 0 Å². The van der Waals surface area contributed by atoms with Gasteiger partial charge in [-0.15, -0.1) is 0 Å². The highest BCUT2D eigenvalue weighted by molar-refractivity contribution is 5.93. The van der Waals surface area contributed by atoms with E-state index < -0.39 is 0 Å². The summed E-state index contributed by atoms with van der Waals surface area (Å²) < 4.78 is 0. The van der Waals surface area contributed by atoms with E-state index in [9.17, 15) is 9.59 Å². The normalized spacial score (nSPS) is 15.2. The summed E-state index contributed by atoms with van der Waals surface area (Å²) >= 11 is 0. The molecule has 1 aliphatic rings. The first-order valence-electron chi connectivity index (χ1n) is 7.16. The van der Waals surface area contributed by atoms with Crippen molar-refractivity contribution >= 4 is 11.6 Å². The van der Waals surface area contributed by atoms with Gasteiger partial charge in [0.2, 0.25) is 5.91 Å². The molecule has 5 nitrogen and oxygen atoms in total. The van der Waals surface area contributed by atoms with Crippen molar-refractivity contribution in [3.8, 4) is 0 Å². The summed E-state index contributed by atoms with van der Waals surface area (Å²) in [6, 6.07) is 9.27. The molecule has 5 heteroatoms. The lowest BCUT2D eigenvalue weighted by molar-refractivity contribution is -0.119. The van der Waals surface area contributed by atoms with Gasteiger partial charge in [0.15, 0.2) is 0 Å². The molecule has 1 amide bonds. The summed E-state index contributed by atoms with van der Waals surface area (Å²) in [6.07, 6.45) is 4.76. The standard InChI is InChI=1S/C16H17N3O2/c20-15-8-9-17-14(18-15)11-12-4-6-13(7-5-12)19-10-2-1-3-16(19)21/h4-9H,1-3,10-11H2,(H,17,18,20). The number of benzene rings is 1. The number of amides is 1. The molecule has 3 rings (SSSR count). The molecule has 0 aliphatic carbocycles. The van der Waals surface area contributed by atoms with E-state index in [0.29, 0.717) is 18.7 Å². The number of piperidine rings is 1. The van der Waals surface area contributed by atoms with E-state index in [1.54, 1.807) is 0 Å². The lowest BCUT2D eigenvalue weighted by Crippen LogP contribution is -2.35. The van der Waals surface area contributed by atoms with Crippen LogP contribution >= 0.6 is 0 Å². The van der Waals surface area contributed by atoms with Crippen LogP contribution < -0.4 is 10.5 Å². The Bertz CT molecular complexity index is 691. The fourth-order valence-electron chi connectivity index (χ4n) is 2.57.